The third-order valence-electron chi connectivity index (χ3n) is 2.51. The second-order valence-electron chi connectivity index (χ2n) is 3.94. The molecule has 0 aliphatic carbocycles. The lowest BCUT2D eigenvalue weighted by Crippen LogP contribution is -2.23. The Labute approximate surface area is 103 Å². The first-order valence-electron chi connectivity index (χ1n) is 5.32. The Morgan fingerprint density at radius 1 is 1.44 bits per heavy atom. The summed E-state index contributed by atoms with van der Waals surface area (Å²) < 4.78 is 14.3. The van der Waals surface area contributed by atoms with Gasteiger partial charge in [-0.3, -0.25) is 4.79 Å². The van der Waals surface area contributed by atoms with Gasteiger partial charge in [0.25, 0.3) is 5.56 Å². The normalized spacial score (nSPS) is 10.1. The van der Waals surface area contributed by atoms with Crippen LogP contribution in [0.4, 0.5) is 4.39 Å². The topological polar surface area (TPSA) is 58.7 Å². The average Bonchev–Trinajstić information content (AvgIpc) is 2.33. The van der Waals surface area contributed by atoms with E-state index in [2.05, 4.69) is 5.10 Å². The number of hydrogen-bond acceptors (Lipinski definition) is 3. The van der Waals surface area contributed by atoms with Crippen LogP contribution in [0.5, 0.6) is 0 Å². The number of aromatic nitrogens is 2. The third-order valence-corrected chi connectivity index (χ3v) is 2.51. The van der Waals surface area contributed by atoms with E-state index in [1.165, 1.54) is 28.9 Å². The first-order valence-corrected chi connectivity index (χ1v) is 5.32. The van der Waals surface area contributed by atoms with Crippen molar-refractivity contribution in [2.75, 3.05) is 0 Å². The molecule has 90 valence electrons. The highest BCUT2D eigenvalue weighted by Crippen LogP contribution is 2.11. The second kappa shape index (κ2) is 4.80. The Balaban J connectivity index is 2.43. The number of halogens is 1. The molecule has 0 aliphatic rings. The molecule has 0 saturated heterocycles. The third kappa shape index (κ3) is 2.43. The van der Waals surface area contributed by atoms with Gasteiger partial charge in [-0.1, -0.05) is 0 Å². The average molecular weight is 243 g/mol. The largest absolute Gasteiger partial charge is 0.268 e. The maximum atomic E-state index is 13.1. The zero-order valence-electron chi connectivity index (χ0n) is 9.72. The van der Waals surface area contributed by atoms with Crippen LogP contribution in [-0.2, 0) is 6.54 Å². The van der Waals surface area contributed by atoms with Gasteiger partial charge in [0.1, 0.15) is 5.82 Å². The van der Waals surface area contributed by atoms with Gasteiger partial charge in [0.05, 0.1) is 24.4 Å². The van der Waals surface area contributed by atoms with E-state index < -0.39 is 5.82 Å². The summed E-state index contributed by atoms with van der Waals surface area (Å²) in [4.78, 5) is 11.7. The fraction of sp³-hybridized carbons (Fsp3) is 0.154. The molecule has 0 radical (unpaired) electrons. The van der Waals surface area contributed by atoms with Crippen molar-refractivity contribution >= 4 is 0 Å². The van der Waals surface area contributed by atoms with Crippen molar-refractivity contribution in [1.29, 1.82) is 5.26 Å². The van der Waals surface area contributed by atoms with Crippen LogP contribution in [0.25, 0.3) is 0 Å². The number of aryl methyl sites for hydroxylation is 1. The molecule has 0 aliphatic heterocycles. The van der Waals surface area contributed by atoms with Crippen LogP contribution in [0.3, 0.4) is 0 Å². The van der Waals surface area contributed by atoms with Gasteiger partial charge in [0.2, 0.25) is 0 Å². The lowest BCUT2D eigenvalue weighted by molar-refractivity contribution is 0.609. The zero-order valence-corrected chi connectivity index (χ0v) is 9.72. The summed E-state index contributed by atoms with van der Waals surface area (Å²) in [5.74, 6) is -0.441. The minimum Gasteiger partial charge on any atom is -0.268 e. The molecule has 0 fully saturated rings. The van der Waals surface area contributed by atoms with Crippen LogP contribution in [0, 0.1) is 24.1 Å². The van der Waals surface area contributed by atoms with Gasteiger partial charge >= 0.3 is 0 Å². The van der Waals surface area contributed by atoms with E-state index in [-0.39, 0.29) is 12.1 Å². The van der Waals surface area contributed by atoms with Gasteiger partial charge in [-0.15, -0.1) is 0 Å². The maximum Gasteiger partial charge on any atom is 0.267 e. The van der Waals surface area contributed by atoms with Gasteiger partial charge in [-0.05, 0) is 36.2 Å². The molecule has 4 nitrogen and oxygen atoms in total. The van der Waals surface area contributed by atoms with E-state index in [9.17, 15) is 9.18 Å². The molecule has 0 bridgehead atoms. The standard InChI is InChI=1S/C13H10FN3O/c1-9-4-13(18)17(16-7-9)8-11-5-12(14)3-2-10(11)6-15/h2-5,7H,8H2,1H3. The molecular weight excluding hydrogens is 233 g/mol. The van der Waals surface area contributed by atoms with Crippen LogP contribution in [0.1, 0.15) is 16.7 Å². The molecule has 2 rings (SSSR count). The van der Waals surface area contributed by atoms with Gasteiger partial charge in [0.15, 0.2) is 0 Å². The maximum absolute atomic E-state index is 13.1. The van der Waals surface area contributed by atoms with Crippen molar-refractivity contribution in [1.82, 2.24) is 9.78 Å². The molecule has 2 aromatic rings. The molecule has 1 heterocycles. The molecule has 18 heavy (non-hydrogen) atoms. The molecule has 0 spiro atoms. The quantitative estimate of drug-likeness (QED) is 0.805. The molecule has 0 saturated carbocycles. The number of nitriles is 1. The number of rotatable bonds is 2. The van der Waals surface area contributed by atoms with E-state index in [1.54, 1.807) is 13.1 Å². The Kier molecular flexibility index (Phi) is 3.20. The van der Waals surface area contributed by atoms with Crippen LogP contribution in [0.2, 0.25) is 0 Å². The SMILES string of the molecule is Cc1cnn(Cc2cc(F)ccc2C#N)c(=O)c1. The number of benzene rings is 1. The molecule has 0 amide bonds. The lowest BCUT2D eigenvalue weighted by atomic mass is 10.1. The summed E-state index contributed by atoms with van der Waals surface area (Å²) in [6.07, 6.45) is 1.55. The van der Waals surface area contributed by atoms with Crippen molar-refractivity contribution in [3.8, 4) is 6.07 Å². The fourth-order valence-corrected chi connectivity index (χ4v) is 1.61. The fourth-order valence-electron chi connectivity index (χ4n) is 1.61. The molecule has 1 aromatic carbocycles. The predicted molar refractivity (Wildman–Crippen MR) is 63.5 cm³/mol. The van der Waals surface area contributed by atoms with Crippen LogP contribution < -0.4 is 5.56 Å². The summed E-state index contributed by atoms with van der Waals surface area (Å²) in [6.45, 7) is 1.85. The molecule has 1 aromatic heterocycles. The Bertz CT molecular complexity index is 685. The van der Waals surface area contributed by atoms with E-state index in [0.29, 0.717) is 11.1 Å². The Morgan fingerprint density at radius 2 is 2.22 bits per heavy atom. The first kappa shape index (κ1) is 12.0. The van der Waals surface area contributed by atoms with Gasteiger partial charge in [-0.2, -0.15) is 10.4 Å². The highest BCUT2D eigenvalue weighted by molar-refractivity contribution is 5.37. The summed E-state index contributed by atoms with van der Waals surface area (Å²) in [5, 5.41) is 12.9. The molecule has 0 N–H and O–H groups in total. The van der Waals surface area contributed by atoms with Gasteiger partial charge in [0, 0.05) is 6.07 Å². The van der Waals surface area contributed by atoms with E-state index in [1.807, 2.05) is 6.07 Å². The summed E-state index contributed by atoms with van der Waals surface area (Å²) in [6, 6.07) is 7.26. The van der Waals surface area contributed by atoms with Crippen LogP contribution >= 0.6 is 0 Å². The number of hydrogen-bond donors (Lipinski definition) is 0. The van der Waals surface area contributed by atoms with E-state index >= 15 is 0 Å². The number of nitrogens with zero attached hydrogens (tertiary/aromatic N) is 3. The van der Waals surface area contributed by atoms with E-state index in [0.717, 1.165) is 5.56 Å². The minimum absolute atomic E-state index is 0.0831. The van der Waals surface area contributed by atoms with Crippen molar-refractivity contribution in [3.63, 3.8) is 0 Å². The van der Waals surface area contributed by atoms with Gasteiger partial charge < -0.3 is 0 Å². The lowest BCUT2D eigenvalue weighted by Gasteiger charge is -2.06. The molecular formula is C13H10FN3O. The van der Waals surface area contributed by atoms with Crippen molar-refractivity contribution < 1.29 is 4.39 Å². The molecule has 0 unspecified atom stereocenters. The summed E-state index contributed by atoms with van der Waals surface area (Å²) in [5.41, 5.74) is 1.26. The highest BCUT2D eigenvalue weighted by Gasteiger charge is 2.06. The Morgan fingerprint density at radius 3 is 2.89 bits per heavy atom. The van der Waals surface area contributed by atoms with Crippen LogP contribution in [0.15, 0.2) is 35.3 Å². The highest BCUT2D eigenvalue weighted by atomic mass is 19.1. The van der Waals surface area contributed by atoms with Gasteiger partial charge in [-0.25, -0.2) is 9.07 Å². The monoisotopic (exact) mass is 243 g/mol. The zero-order chi connectivity index (χ0) is 13.1. The Hall–Kier alpha value is -2.48. The predicted octanol–water partition coefficient (Wildman–Crippen LogP) is 1.61. The smallest absolute Gasteiger partial charge is 0.267 e. The summed E-state index contributed by atoms with van der Waals surface area (Å²) >= 11 is 0. The van der Waals surface area contributed by atoms with Crippen LogP contribution in [-0.4, -0.2) is 9.78 Å². The van der Waals surface area contributed by atoms with Crippen molar-refractivity contribution in [2.24, 2.45) is 0 Å². The summed E-state index contributed by atoms with van der Waals surface area (Å²) in [7, 11) is 0. The first-order chi connectivity index (χ1) is 8.60. The van der Waals surface area contributed by atoms with Crippen molar-refractivity contribution in [2.45, 2.75) is 13.5 Å². The molecule has 0 atom stereocenters. The molecule has 5 heteroatoms. The second-order valence-corrected chi connectivity index (χ2v) is 3.94. The van der Waals surface area contributed by atoms with E-state index in [4.69, 9.17) is 5.26 Å². The van der Waals surface area contributed by atoms with Crippen molar-refractivity contribution in [3.05, 3.63) is 63.3 Å². The minimum atomic E-state index is -0.441.